The third-order valence-electron chi connectivity index (χ3n) is 0.0875. The van der Waals surface area contributed by atoms with Crippen LogP contribution in [0.1, 0.15) is 0 Å². The van der Waals surface area contributed by atoms with Gasteiger partial charge in [0.2, 0.25) is 0 Å². The van der Waals surface area contributed by atoms with E-state index in [4.69, 9.17) is 34.8 Å². The summed E-state index contributed by atoms with van der Waals surface area (Å²) in [5, 5.41) is 0. The molecule has 0 nitrogen and oxygen atoms in total. The van der Waals surface area contributed by atoms with Gasteiger partial charge in [-0.3, -0.25) is 0 Å². The Hall–Kier alpha value is 1.15. The number of hydrogen-bond acceptors (Lipinski definition) is 1. The van der Waals surface area contributed by atoms with E-state index >= 15 is 0 Å². The molecule has 0 radical (unpaired) electrons. The Morgan fingerprint density at radius 2 is 1.50 bits per heavy atom. The highest BCUT2D eigenvalue weighted by molar-refractivity contribution is 8.00. The summed E-state index contributed by atoms with van der Waals surface area (Å²) in [5.41, 5.74) is 0. The van der Waals surface area contributed by atoms with Crippen LogP contribution in [0.15, 0.2) is 0 Å². The maximum absolute atomic E-state index is 11.0. The Balaban J connectivity index is 3.17. The molecule has 0 unspecified atom stereocenters. The summed E-state index contributed by atoms with van der Waals surface area (Å²) in [6.45, 7) is 0. The summed E-state index contributed by atoms with van der Waals surface area (Å²) in [7, 11) is 0. The summed E-state index contributed by atoms with van der Waals surface area (Å²) in [6, 6.07) is 0. The van der Waals surface area contributed by atoms with Crippen molar-refractivity contribution in [1.29, 1.82) is 0 Å². The Bertz CT molecular complexity index is 40.5. The molecule has 0 aromatic carbocycles. The van der Waals surface area contributed by atoms with E-state index in [0.29, 0.717) is 0 Å². The highest BCUT2D eigenvalue weighted by Gasteiger charge is 2.20. The topological polar surface area (TPSA) is 0 Å². The van der Waals surface area contributed by atoms with Crippen molar-refractivity contribution in [2.75, 3.05) is 0 Å². The Morgan fingerprint density at radius 1 is 1.33 bits per heavy atom. The molecule has 0 aliphatic rings. The molecule has 0 aliphatic carbocycles. The zero-order valence-corrected chi connectivity index (χ0v) is 5.50. The van der Waals surface area contributed by atoms with Crippen LogP contribution in [0, 0.1) is 0 Å². The van der Waals surface area contributed by atoms with Gasteiger partial charge in [0.25, 0.3) is 3.12 Å². The smallest absolute Gasteiger partial charge is 0.161 e. The first-order valence-corrected chi connectivity index (χ1v) is 2.78. The predicted octanol–water partition coefficient (Wildman–Crippen LogP) is 2.93. The normalized spacial score (nSPS) is 12.0. The van der Waals surface area contributed by atoms with Crippen LogP contribution in [0.25, 0.3) is 0 Å². The minimum absolute atomic E-state index is 0.322. The minimum Gasteiger partial charge on any atom is -0.161 e. The monoisotopic (exact) mass is 168 g/mol. The molecule has 0 saturated heterocycles. The molecule has 0 rings (SSSR count). The summed E-state index contributed by atoms with van der Waals surface area (Å²) in [4.78, 5) is 0. The lowest BCUT2D eigenvalue weighted by Gasteiger charge is -1.97. The lowest BCUT2D eigenvalue weighted by molar-refractivity contribution is 0.936. The van der Waals surface area contributed by atoms with Crippen molar-refractivity contribution in [3.05, 3.63) is 0 Å². The van der Waals surface area contributed by atoms with Crippen LogP contribution in [-0.2, 0) is 0 Å². The SMILES string of the molecule is FSC(Cl)(Cl)Cl. The second-order valence-corrected chi connectivity index (χ2v) is 4.24. The zero-order valence-electron chi connectivity index (χ0n) is 2.42. The molecular formula is CCl3FS. The maximum Gasteiger partial charge on any atom is 0.267 e. The van der Waals surface area contributed by atoms with Gasteiger partial charge < -0.3 is 0 Å². The fourth-order valence-electron chi connectivity index (χ4n) is 0. The van der Waals surface area contributed by atoms with Crippen molar-refractivity contribution in [2.24, 2.45) is 0 Å². The van der Waals surface area contributed by atoms with Gasteiger partial charge in [-0.15, -0.1) is 0 Å². The second kappa shape index (κ2) is 2.46. The lowest BCUT2D eigenvalue weighted by Crippen LogP contribution is -1.86. The van der Waals surface area contributed by atoms with Gasteiger partial charge in [-0.25, -0.2) is 0 Å². The largest absolute Gasteiger partial charge is 0.267 e. The zero-order chi connectivity index (χ0) is 5.21. The Kier molecular flexibility index (Phi) is 2.93. The van der Waals surface area contributed by atoms with E-state index in [1.54, 1.807) is 0 Å². The van der Waals surface area contributed by atoms with E-state index in [0.717, 1.165) is 0 Å². The van der Waals surface area contributed by atoms with Crippen molar-refractivity contribution in [2.45, 2.75) is 3.12 Å². The van der Waals surface area contributed by atoms with Gasteiger partial charge in [0, 0.05) is 0 Å². The average molecular weight is 169 g/mol. The van der Waals surface area contributed by atoms with Gasteiger partial charge in [0.05, 0.1) is 0 Å². The first-order valence-electron chi connectivity index (χ1n) is 0.925. The average Bonchev–Trinajstić information content (AvgIpc) is 1.35. The van der Waals surface area contributed by atoms with E-state index in [2.05, 4.69) is 0 Å². The summed E-state index contributed by atoms with van der Waals surface area (Å²) in [6.07, 6.45) is 0. The van der Waals surface area contributed by atoms with Crippen LogP contribution >= 0.6 is 47.0 Å². The Labute approximate surface area is 54.2 Å². The number of alkyl halides is 3. The maximum atomic E-state index is 11.0. The van der Waals surface area contributed by atoms with E-state index in [1.807, 2.05) is 0 Å². The van der Waals surface area contributed by atoms with Gasteiger partial charge in [-0.1, -0.05) is 34.8 Å². The molecule has 0 N–H and O–H groups in total. The van der Waals surface area contributed by atoms with Crippen LogP contribution in [0.4, 0.5) is 3.89 Å². The highest BCUT2D eigenvalue weighted by Crippen LogP contribution is 2.39. The van der Waals surface area contributed by atoms with Crippen molar-refractivity contribution >= 4 is 47.0 Å². The van der Waals surface area contributed by atoms with Gasteiger partial charge in [0.1, 0.15) is 12.1 Å². The third kappa shape index (κ3) is 5.15. The molecule has 0 saturated carbocycles. The summed E-state index contributed by atoms with van der Waals surface area (Å²) in [5.74, 6) is 0. The summed E-state index contributed by atoms with van der Waals surface area (Å²) < 4.78 is 9.23. The van der Waals surface area contributed by atoms with Gasteiger partial charge in [-0.05, 0) is 0 Å². The second-order valence-electron chi connectivity index (χ2n) is 0.523. The molecule has 0 aliphatic heterocycles. The number of halogens is 4. The predicted molar refractivity (Wildman–Crippen MR) is 29.0 cm³/mol. The third-order valence-corrected chi connectivity index (χ3v) is 0.787. The van der Waals surface area contributed by atoms with Crippen LogP contribution < -0.4 is 0 Å². The first-order chi connectivity index (χ1) is 2.56. The van der Waals surface area contributed by atoms with E-state index in [1.165, 1.54) is 0 Å². The molecule has 0 fully saturated rings. The first kappa shape index (κ1) is 7.15. The molecule has 5 heteroatoms. The molecule has 0 amide bonds. The van der Waals surface area contributed by atoms with Gasteiger partial charge in [-0.2, -0.15) is 3.89 Å². The summed E-state index contributed by atoms with van der Waals surface area (Å²) >= 11 is 14.2. The molecule has 0 spiro atoms. The highest BCUT2D eigenvalue weighted by atomic mass is 35.6. The van der Waals surface area contributed by atoms with Crippen LogP contribution in [0.5, 0.6) is 0 Å². The number of rotatable bonds is 0. The van der Waals surface area contributed by atoms with Crippen molar-refractivity contribution in [1.82, 2.24) is 0 Å². The van der Waals surface area contributed by atoms with Crippen LogP contribution in [0.3, 0.4) is 0 Å². The van der Waals surface area contributed by atoms with Crippen LogP contribution in [0.2, 0.25) is 0 Å². The standard InChI is InChI=1S/CCl3FS/c2-1(3,4)6-5. The van der Waals surface area contributed by atoms with Crippen molar-refractivity contribution < 1.29 is 3.89 Å². The van der Waals surface area contributed by atoms with Crippen molar-refractivity contribution in [3.63, 3.8) is 0 Å². The van der Waals surface area contributed by atoms with Gasteiger partial charge in [0.15, 0.2) is 0 Å². The molecule has 0 heterocycles. The van der Waals surface area contributed by atoms with Crippen molar-refractivity contribution in [3.8, 4) is 0 Å². The van der Waals surface area contributed by atoms with Crippen LogP contribution in [-0.4, -0.2) is 3.12 Å². The minimum atomic E-state index is -1.79. The molecular weight excluding hydrogens is 169 g/mol. The lowest BCUT2D eigenvalue weighted by atomic mass is 11.8. The quantitative estimate of drug-likeness (QED) is 0.503. The van der Waals surface area contributed by atoms with E-state index in [-0.39, 0.29) is 12.1 Å². The molecule has 38 valence electrons. The molecule has 0 atom stereocenters. The molecule has 0 bridgehead atoms. The molecule has 6 heavy (non-hydrogen) atoms. The fraction of sp³-hybridized carbons (Fsp3) is 1.00. The number of hydrogen-bond donors (Lipinski definition) is 0. The molecule has 0 aromatic heterocycles. The molecule has 0 aromatic rings. The fourth-order valence-corrected chi connectivity index (χ4v) is 0. The van der Waals surface area contributed by atoms with E-state index in [9.17, 15) is 3.89 Å². The Morgan fingerprint density at radius 3 is 1.50 bits per heavy atom. The van der Waals surface area contributed by atoms with Gasteiger partial charge >= 0.3 is 0 Å². The van der Waals surface area contributed by atoms with E-state index < -0.39 is 3.12 Å².